The molecule has 6 heteroatoms. The maximum atomic E-state index is 11.7. The zero-order valence-corrected chi connectivity index (χ0v) is 13.1. The van der Waals surface area contributed by atoms with E-state index in [0.717, 1.165) is 5.69 Å². The van der Waals surface area contributed by atoms with Gasteiger partial charge < -0.3 is 19.7 Å². The molecule has 0 aliphatic rings. The van der Waals surface area contributed by atoms with Crippen LogP contribution in [0.25, 0.3) is 0 Å². The van der Waals surface area contributed by atoms with Crippen LogP contribution < -0.4 is 10.1 Å². The third-order valence-corrected chi connectivity index (χ3v) is 3.50. The molecule has 1 heterocycles. The molecule has 0 radical (unpaired) electrons. The van der Waals surface area contributed by atoms with Gasteiger partial charge in [0.1, 0.15) is 5.75 Å². The number of nitrogens with zero attached hydrogens (tertiary/aromatic N) is 1. The number of amides is 1. The van der Waals surface area contributed by atoms with Crippen LogP contribution >= 0.6 is 11.6 Å². The summed E-state index contributed by atoms with van der Waals surface area (Å²) in [6.07, 6.45) is 1.72. The standard InChI is InChI=1S/C16H19ClN2O3/c1-19-10-2-3-14(19)15(20)8-9-18-16(21)11-22-13-6-4-12(17)5-7-13/h2-7,10,15,20H,8-9,11H2,1H3,(H,18,21). The van der Waals surface area contributed by atoms with Crippen molar-refractivity contribution in [3.05, 3.63) is 53.3 Å². The zero-order chi connectivity index (χ0) is 15.9. The first-order chi connectivity index (χ1) is 10.6. The largest absolute Gasteiger partial charge is 0.484 e. The average molecular weight is 323 g/mol. The molecule has 2 aromatic rings. The summed E-state index contributed by atoms with van der Waals surface area (Å²) in [6.45, 7) is 0.317. The number of aryl methyl sites for hydroxylation is 1. The van der Waals surface area contributed by atoms with Gasteiger partial charge in [0.05, 0.1) is 6.10 Å². The van der Waals surface area contributed by atoms with Crippen LogP contribution in [0.15, 0.2) is 42.6 Å². The van der Waals surface area contributed by atoms with E-state index in [4.69, 9.17) is 16.3 Å². The van der Waals surface area contributed by atoms with Crippen LogP contribution in [0.2, 0.25) is 5.02 Å². The summed E-state index contributed by atoms with van der Waals surface area (Å²) in [5.41, 5.74) is 0.826. The summed E-state index contributed by atoms with van der Waals surface area (Å²) in [4.78, 5) is 11.7. The first-order valence-electron chi connectivity index (χ1n) is 7.00. The van der Waals surface area contributed by atoms with Crippen LogP contribution in [-0.4, -0.2) is 28.7 Å². The fourth-order valence-electron chi connectivity index (χ4n) is 2.05. The van der Waals surface area contributed by atoms with E-state index in [2.05, 4.69) is 5.32 Å². The second-order valence-corrected chi connectivity index (χ2v) is 5.38. The van der Waals surface area contributed by atoms with Crippen molar-refractivity contribution in [1.82, 2.24) is 9.88 Å². The third-order valence-electron chi connectivity index (χ3n) is 3.25. The smallest absolute Gasteiger partial charge is 0.257 e. The lowest BCUT2D eigenvalue weighted by molar-refractivity contribution is -0.123. The monoisotopic (exact) mass is 322 g/mol. The molecule has 0 spiro atoms. The molecule has 5 nitrogen and oxygen atoms in total. The van der Waals surface area contributed by atoms with Gasteiger partial charge in [-0.1, -0.05) is 11.6 Å². The first kappa shape index (κ1) is 16.4. The number of aromatic nitrogens is 1. The fraction of sp³-hybridized carbons (Fsp3) is 0.312. The van der Waals surface area contributed by atoms with Crippen LogP contribution in [0.1, 0.15) is 18.2 Å². The van der Waals surface area contributed by atoms with Crippen LogP contribution in [0.5, 0.6) is 5.75 Å². The van der Waals surface area contributed by atoms with E-state index >= 15 is 0 Å². The minimum atomic E-state index is -0.600. The van der Waals surface area contributed by atoms with E-state index in [-0.39, 0.29) is 12.5 Å². The quantitative estimate of drug-likeness (QED) is 0.822. The molecular formula is C16H19ClN2O3. The number of halogens is 1. The number of benzene rings is 1. The van der Waals surface area contributed by atoms with Gasteiger partial charge in [-0.25, -0.2) is 0 Å². The molecule has 1 aromatic heterocycles. The molecule has 1 unspecified atom stereocenters. The molecule has 1 amide bonds. The van der Waals surface area contributed by atoms with Gasteiger partial charge in [0, 0.05) is 30.5 Å². The van der Waals surface area contributed by atoms with Gasteiger partial charge in [-0.2, -0.15) is 0 Å². The highest BCUT2D eigenvalue weighted by atomic mass is 35.5. The Hall–Kier alpha value is -1.98. The maximum Gasteiger partial charge on any atom is 0.257 e. The topological polar surface area (TPSA) is 63.5 Å². The summed E-state index contributed by atoms with van der Waals surface area (Å²) < 4.78 is 7.19. The number of carbonyl (C=O) groups excluding carboxylic acids is 1. The lowest BCUT2D eigenvalue weighted by Gasteiger charge is -2.13. The second-order valence-electron chi connectivity index (χ2n) is 4.94. The molecule has 0 saturated heterocycles. The Labute approximate surface area is 134 Å². The van der Waals surface area contributed by atoms with Crippen molar-refractivity contribution in [2.75, 3.05) is 13.2 Å². The average Bonchev–Trinajstić information content (AvgIpc) is 2.93. The molecule has 0 bridgehead atoms. The summed E-state index contributed by atoms with van der Waals surface area (Å²) in [7, 11) is 1.87. The predicted octanol–water partition coefficient (Wildman–Crippen LogP) is 2.30. The van der Waals surface area contributed by atoms with E-state index < -0.39 is 6.10 Å². The molecule has 22 heavy (non-hydrogen) atoms. The highest BCUT2D eigenvalue weighted by molar-refractivity contribution is 6.30. The second kappa shape index (κ2) is 7.87. The predicted molar refractivity (Wildman–Crippen MR) is 84.9 cm³/mol. The van der Waals surface area contributed by atoms with Crippen molar-refractivity contribution in [2.24, 2.45) is 7.05 Å². The van der Waals surface area contributed by atoms with E-state index in [1.807, 2.05) is 29.9 Å². The van der Waals surface area contributed by atoms with E-state index in [1.165, 1.54) is 0 Å². The van der Waals surface area contributed by atoms with Crippen molar-refractivity contribution >= 4 is 17.5 Å². The molecule has 0 aliphatic carbocycles. The lowest BCUT2D eigenvalue weighted by Crippen LogP contribution is -2.30. The van der Waals surface area contributed by atoms with Crippen LogP contribution in [0.4, 0.5) is 0 Å². The fourth-order valence-corrected chi connectivity index (χ4v) is 2.17. The molecule has 1 atom stereocenters. The van der Waals surface area contributed by atoms with Crippen LogP contribution in [-0.2, 0) is 11.8 Å². The normalized spacial score (nSPS) is 12.0. The lowest BCUT2D eigenvalue weighted by atomic mass is 10.2. The van der Waals surface area contributed by atoms with E-state index in [0.29, 0.717) is 23.7 Å². The third kappa shape index (κ3) is 4.79. The molecule has 0 fully saturated rings. The van der Waals surface area contributed by atoms with E-state index in [1.54, 1.807) is 24.3 Å². The number of carbonyl (C=O) groups is 1. The van der Waals surface area contributed by atoms with E-state index in [9.17, 15) is 9.90 Å². The van der Waals surface area contributed by atoms with Crippen molar-refractivity contribution < 1.29 is 14.6 Å². The Morgan fingerprint density at radius 1 is 1.36 bits per heavy atom. The minimum Gasteiger partial charge on any atom is -0.484 e. The Kier molecular flexibility index (Phi) is 5.86. The summed E-state index contributed by atoms with van der Waals surface area (Å²) in [5, 5.41) is 13.4. The molecule has 0 saturated carbocycles. The summed E-state index contributed by atoms with van der Waals surface area (Å²) in [5.74, 6) is 0.359. The number of aliphatic hydroxyl groups is 1. The zero-order valence-electron chi connectivity index (χ0n) is 12.3. The molecular weight excluding hydrogens is 304 g/mol. The summed E-state index contributed by atoms with van der Waals surface area (Å²) >= 11 is 5.77. The maximum absolute atomic E-state index is 11.7. The Bertz CT molecular complexity index is 610. The van der Waals surface area contributed by atoms with Crippen molar-refractivity contribution in [3.63, 3.8) is 0 Å². The number of hydrogen-bond donors (Lipinski definition) is 2. The van der Waals surface area contributed by atoms with Crippen molar-refractivity contribution in [1.29, 1.82) is 0 Å². The van der Waals surface area contributed by atoms with Crippen molar-refractivity contribution in [2.45, 2.75) is 12.5 Å². The van der Waals surface area contributed by atoms with Gasteiger partial charge in [0.15, 0.2) is 6.61 Å². The molecule has 118 valence electrons. The number of rotatable bonds is 7. The SMILES string of the molecule is Cn1cccc1C(O)CCNC(=O)COc1ccc(Cl)cc1. The first-order valence-corrected chi connectivity index (χ1v) is 7.38. The highest BCUT2D eigenvalue weighted by Gasteiger charge is 2.11. The van der Waals surface area contributed by atoms with Gasteiger partial charge in [0.25, 0.3) is 5.91 Å². The minimum absolute atomic E-state index is 0.0676. The highest BCUT2D eigenvalue weighted by Crippen LogP contribution is 2.16. The number of hydrogen-bond acceptors (Lipinski definition) is 3. The van der Waals surface area contributed by atoms with Gasteiger partial charge >= 0.3 is 0 Å². The number of nitrogens with one attached hydrogen (secondary N) is 1. The molecule has 1 aromatic carbocycles. The summed E-state index contributed by atoms with van der Waals surface area (Å²) in [6, 6.07) is 10.5. The molecule has 0 aliphatic heterocycles. The Morgan fingerprint density at radius 3 is 2.73 bits per heavy atom. The Morgan fingerprint density at radius 2 is 2.09 bits per heavy atom. The molecule has 2 rings (SSSR count). The number of ether oxygens (including phenoxy) is 1. The van der Waals surface area contributed by atoms with Crippen molar-refractivity contribution in [3.8, 4) is 5.75 Å². The van der Waals surface area contributed by atoms with Crippen LogP contribution in [0, 0.1) is 0 Å². The van der Waals surface area contributed by atoms with Crippen LogP contribution in [0.3, 0.4) is 0 Å². The molecule has 2 N–H and O–H groups in total. The van der Waals surface area contributed by atoms with Gasteiger partial charge in [-0.3, -0.25) is 4.79 Å². The van der Waals surface area contributed by atoms with Gasteiger partial charge in [-0.15, -0.1) is 0 Å². The Balaban J connectivity index is 1.67. The van der Waals surface area contributed by atoms with Gasteiger partial charge in [0.2, 0.25) is 0 Å². The number of aliphatic hydroxyl groups excluding tert-OH is 1. The van der Waals surface area contributed by atoms with Gasteiger partial charge in [-0.05, 0) is 42.8 Å².